The third-order valence-electron chi connectivity index (χ3n) is 2.16. The van der Waals surface area contributed by atoms with Crippen molar-refractivity contribution in [2.24, 2.45) is 4.99 Å². The molecule has 0 aliphatic rings. The van der Waals surface area contributed by atoms with Gasteiger partial charge < -0.3 is 5.32 Å². The third-order valence-corrected chi connectivity index (χ3v) is 2.75. The van der Waals surface area contributed by atoms with Gasteiger partial charge in [-0.25, -0.2) is 8.78 Å². The van der Waals surface area contributed by atoms with Crippen LogP contribution in [0.5, 0.6) is 0 Å². The summed E-state index contributed by atoms with van der Waals surface area (Å²) in [4.78, 5) is 3.49. The molecule has 0 radical (unpaired) electrons. The fraction of sp³-hybridized carbons (Fsp3) is 0.364. The molecule has 0 bridgehead atoms. The van der Waals surface area contributed by atoms with E-state index in [0.29, 0.717) is 12.1 Å². The molecule has 0 aliphatic heterocycles. The van der Waals surface area contributed by atoms with Crippen molar-refractivity contribution in [2.45, 2.75) is 19.5 Å². The first kappa shape index (κ1) is 17.0. The maximum Gasteiger partial charge on any atom is 0.416 e. The standard InChI is InChI=1S/C11H9Cl2F5N2/c1-2-19-10(9(14)15)20-8-6(12)3-5(4-7(8)13)11(16,17)18/h3-4,9H,2H2,1H3,(H,19,20). The molecule has 0 fully saturated rings. The largest absolute Gasteiger partial charge is 0.416 e. The van der Waals surface area contributed by atoms with Crippen molar-refractivity contribution in [1.29, 1.82) is 0 Å². The molecule has 0 atom stereocenters. The Kier molecular flexibility index (Phi) is 5.59. The average Bonchev–Trinajstić information content (AvgIpc) is 2.30. The first-order valence-corrected chi connectivity index (χ1v) is 6.08. The summed E-state index contributed by atoms with van der Waals surface area (Å²) in [5.74, 6) is -0.712. The van der Waals surface area contributed by atoms with Crippen LogP contribution in [0.1, 0.15) is 12.5 Å². The Balaban J connectivity index is 3.18. The van der Waals surface area contributed by atoms with Gasteiger partial charge in [0.1, 0.15) is 0 Å². The first-order chi connectivity index (χ1) is 9.16. The molecule has 0 heterocycles. The number of rotatable bonds is 3. The fourth-order valence-corrected chi connectivity index (χ4v) is 1.90. The second kappa shape index (κ2) is 6.58. The lowest BCUT2D eigenvalue weighted by molar-refractivity contribution is -0.137. The SMILES string of the molecule is CCN=C(Nc1c(Cl)cc(C(F)(F)F)cc1Cl)C(F)F. The van der Waals surface area contributed by atoms with E-state index in [1.807, 2.05) is 0 Å². The van der Waals surface area contributed by atoms with Crippen molar-refractivity contribution in [1.82, 2.24) is 0 Å². The molecule has 0 aliphatic carbocycles. The zero-order chi connectivity index (χ0) is 15.5. The second-order valence-corrected chi connectivity index (χ2v) is 4.41. The van der Waals surface area contributed by atoms with Gasteiger partial charge >= 0.3 is 6.18 Å². The molecular formula is C11H9Cl2F5N2. The van der Waals surface area contributed by atoms with Crippen LogP contribution in [-0.2, 0) is 6.18 Å². The quantitative estimate of drug-likeness (QED) is 0.463. The summed E-state index contributed by atoms with van der Waals surface area (Å²) in [5.41, 5.74) is -1.31. The monoisotopic (exact) mass is 334 g/mol. The van der Waals surface area contributed by atoms with Gasteiger partial charge in [-0.15, -0.1) is 0 Å². The van der Waals surface area contributed by atoms with Crippen molar-refractivity contribution in [3.05, 3.63) is 27.7 Å². The van der Waals surface area contributed by atoms with E-state index in [1.54, 1.807) is 0 Å². The zero-order valence-corrected chi connectivity index (χ0v) is 11.5. The van der Waals surface area contributed by atoms with E-state index in [4.69, 9.17) is 23.2 Å². The fourth-order valence-electron chi connectivity index (χ4n) is 1.32. The number of aliphatic imine (C=N–C) groups is 1. The number of halogens is 7. The highest BCUT2D eigenvalue weighted by atomic mass is 35.5. The summed E-state index contributed by atoms with van der Waals surface area (Å²) in [6, 6.07) is 1.20. The molecule has 0 saturated heterocycles. The highest BCUT2D eigenvalue weighted by Gasteiger charge is 2.32. The van der Waals surface area contributed by atoms with Gasteiger partial charge in [0, 0.05) is 6.54 Å². The molecule has 1 N–H and O–H groups in total. The van der Waals surface area contributed by atoms with Crippen molar-refractivity contribution >= 4 is 34.7 Å². The van der Waals surface area contributed by atoms with Crippen LogP contribution in [0.2, 0.25) is 10.0 Å². The van der Waals surface area contributed by atoms with Crippen molar-refractivity contribution in [3.63, 3.8) is 0 Å². The van der Waals surface area contributed by atoms with E-state index >= 15 is 0 Å². The summed E-state index contributed by atoms with van der Waals surface area (Å²) in [5, 5.41) is 1.32. The third kappa shape index (κ3) is 4.21. The molecule has 1 aromatic rings. The Hall–Kier alpha value is -1.08. The van der Waals surface area contributed by atoms with Crippen LogP contribution in [0.15, 0.2) is 17.1 Å². The maximum absolute atomic E-state index is 12.6. The summed E-state index contributed by atoms with van der Waals surface area (Å²) in [6.07, 6.45) is -7.56. The highest BCUT2D eigenvalue weighted by Crippen LogP contribution is 2.38. The van der Waals surface area contributed by atoms with E-state index in [0.717, 1.165) is 0 Å². The Bertz CT molecular complexity index is 491. The minimum absolute atomic E-state index is 0.0720. The first-order valence-electron chi connectivity index (χ1n) is 5.32. The molecule has 0 saturated carbocycles. The molecule has 20 heavy (non-hydrogen) atoms. The lowest BCUT2D eigenvalue weighted by Crippen LogP contribution is -2.22. The van der Waals surface area contributed by atoms with Crippen LogP contribution < -0.4 is 5.32 Å². The molecule has 0 spiro atoms. The van der Waals surface area contributed by atoms with Crippen molar-refractivity contribution < 1.29 is 22.0 Å². The predicted molar refractivity (Wildman–Crippen MR) is 69.1 cm³/mol. The summed E-state index contributed by atoms with van der Waals surface area (Å²) in [7, 11) is 0. The van der Waals surface area contributed by atoms with Crippen molar-refractivity contribution in [2.75, 3.05) is 11.9 Å². The number of anilines is 1. The Labute approximate surface area is 121 Å². The van der Waals surface area contributed by atoms with Gasteiger partial charge in [0.05, 0.1) is 21.3 Å². The molecule has 2 nitrogen and oxygen atoms in total. The number of hydrogen-bond acceptors (Lipinski definition) is 1. The van der Waals surface area contributed by atoms with E-state index < -0.39 is 34.0 Å². The van der Waals surface area contributed by atoms with Gasteiger partial charge in [0.2, 0.25) is 0 Å². The summed E-state index contributed by atoms with van der Waals surface area (Å²) >= 11 is 11.3. The number of hydrogen-bond donors (Lipinski definition) is 1. The number of alkyl halides is 5. The van der Waals surface area contributed by atoms with Gasteiger partial charge in [-0.05, 0) is 19.1 Å². The molecule has 9 heteroatoms. The average molecular weight is 335 g/mol. The lowest BCUT2D eigenvalue weighted by Gasteiger charge is -2.15. The molecule has 0 amide bonds. The van der Waals surface area contributed by atoms with E-state index in [2.05, 4.69) is 10.3 Å². The normalized spacial score (nSPS) is 12.9. The van der Waals surface area contributed by atoms with E-state index in [-0.39, 0.29) is 12.2 Å². The number of nitrogens with one attached hydrogen (secondary N) is 1. The van der Waals surface area contributed by atoms with E-state index in [1.165, 1.54) is 6.92 Å². The highest BCUT2D eigenvalue weighted by molar-refractivity contribution is 6.40. The molecule has 112 valence electrons. The van der Waals surface area contributed by atoms with Crippen LogP contribution in [0.25, 0.3) is 0 Å². The second-order valence-electron chi connectivity index (χ2n) is 3.60. The van der Waals surface area contributed by atoms with Crippen molar-refractivity contribution in [3.8, 4) is 0 Å². The van der Waals surface area contributed by atoms with Crippen LogP contribution in [0.4, 0.5) is 27.6 Å². The number of nitrogens with zero attached hydrogens (tertiary/aromatic N) is 1. The van der Waals surface area contributed by atoms with Gasteiger partial charge in [-0.3, -0.25) is 4.99 Å². The smallest absolute Gasteiger partial charge is 0.337 e. The predicted octanol–water partition coefficient (Wildman–Crippen LogP) is 5.11. The minimum atomic E-state index is -4.63. The Morgan fingerprint density at radius 3 is 2.10 bits per heavy atom. The molecule has 0 aromatic heterocycles. The lowest BCUT2D eigenvalue weighted by atomic mass is 10.2. The summed E-state index contributed by atoms with van der Waals surface area (Å²) in [6.45, 7) is 1.60. The molecule has 1 rings (SSSR count). The molecule has 1 aromatic carbocycles. The maximum atomic E-state index is 12.6. The van der Waals surface area contributed by atoms with Gasteiger partial charge in [0.25, 0.3) is 6.43 Å². The van der Waals surface area contributed by atoms with Crippen LogP contribution in [0, 0.1) is 0 Å². The zero-order valence-electron chi connectivity index (χ0n) is 10.0. The Morgan fingerprint density at radius 2 is 1.75 bits per heavy atom. The van der Waals surface area contributed by atoms with Gasteiger partial charge in [-0.2, -0.15) is 13.2 Å². The number of amidine groups is 1. The topological polar surface area (TPSA) is 24.4 Å². The van der Waals surface area contributed by atoms with Gasteiger partial charge in [-0.1, -0.05) is 23.2 Å². The number of benzene rings is 1. The van der Waals surface area contributed by atoms with Crippen LogP contribution in [0.3, 0.4) is 0 Å². The van der Waals surface area contributed by atoms with Crippen LogP contribution >= 0.6 is 23.2 Å². The van der Waals surface area contributed by atoms with E-state index in [9.17, 15) is 22.0 Å². The Morgan fingerprint density at radius 1 is 1.25 bits per heavy atom. The summed E-state index contributed by atoms with van der Waals surface area (Å²) < 4.78 is 62.8. The molecular weight excluding hydrogens is 326 g/mol. The van der Waals surface area contributed by atoms with Gasteiger partial charge in [0.15, 0.2) is 5.84 Å². The minimum Gasteiger partial charge on any atom is -0.337 e. The molecule has 0 unspecified atom stereocenters. The van der Waals surface area contributed by atoms with Crippen LogP contribution in [-0.4, -0.2) is 18.8 Å².